The van der Waals surface area contributed by atoms with Gasteiger partial charge in [0.05, 0.1) is 5.69 Å². The molecule has 0 bridgehead atoms. The Labute approximate surface area is 107 Å². The minimum absolute atomic E-state index is 0.174. The molecule has 7 heteroatoms. The van der Waals surface area contributed by atoms with Crippen molar-refractivity contribution in [1.82, 2.24) is 9.97 Å². The van der Waals surface area contributed by atoms with E-state index in [-0.39, 0.29) is 17.0 Å². The van der Waals surface area contributed by atoms with E-state index >= 15 is 0 Å². The van der Waals surface area contributed by atoms with Crippen molar-refractivity contribution in [3.05, 3.63) is 33.2 Å². The molecule has 0 atom stereocenters. The predicted molar refractivity (Wildman–Crippen MR) is 68.5 cm³/mol. The molecule has 2 rings (SSSR count). The number of halogens is 1. The molecule has 0 aliphatic rings. The summed E-state index contributed by atoms with van der Waals surface area (Å²) in [5.41, 5.74) is 6.75. The monoisotopic (exact) mass is 268 g/mol. The molecule has 1 amide bonds. The van der Waals surface area contributed by atoms with Crippen molar-refractivity contribution in [1.29, 1.82) is 0 Å². The van der Waals surface area contributed by atoms with Gasteiger partial charge in [-0.3, -0.25) is 10.1 Å². The third-order valence-electron chi connectivity index (χ3n) is 1.95. The zero-order chi connectivity index (χ0) is 12.4. The number of hydrogen-bond donors (Lipinski definition) is 2. The van der Waals surface area contributed by atoms with Crippen molar-refractivity contribution in [3.63, 3.8) is 0 Å². The van der Waals surface area contributed by atoms with Gasteiger partial charge in [-0.1, -0.05) is 11.6 Å². The number of nitrogens with one attached hydrogen (secondary N) is 1. The zero-order valence-corrected chi connectivity index (χ0v) is 10.5. The average Bonchev–Trinajstić information content (AvgIpc) is 2.62. The molecule has 0 aliphatic carbocycles. The summed E-state index contributed by atoms with van der Waals surface area (Å²) < 4.78 is 0. The first-order valence-electron chi connectivity index (χ1n) is 4.72. The first-order chi connectivity index (χ1) is 8.06. The Kier molecular flexibility index (Phi) is 3.26. The lowest BCUT2D eigenvalue weighted by Gasteiger charge is -2.04. The largest absolute Gasteiger partial charge is 0.397 e. The number of aryl methyl sites for hydroxylation is 1. The molecule has 2 aromatic rings. The van der Waals surface area contributed by atoms with Crippen LogP contribution in [0.2, 0.25) is 5.15 Å². The first-order valence-corrected chi connectivity index (χ1v) is 5.97. The molecule has 0 aromatic carbocycles. The fraction of sp³-hybridized carbons (Fsp3) is 0.100. The van der Waals surface area contributed by atoms with Gasteiger partial charge < -0.3 is 5.73 Å². The van der Waals surface area contributed by atoms with Crippen molar-refractivity contribution >= 4 is 40.5 Å². The highest BCUT2D eigenvalue weighted by atomic mass is 35.5. The summed E-state index contributed by atoms with van der Waals surface area (Å²) in [6.45, 7) is 1.77. The Morgan fingerprint density at radius 3 is 2.88 bits per heavy atom. The zero-order valence-electron chi connectivity index (χ0n) is 8.90. The lowest BCUT2D eigenvalue weighted by atomic mass is 10.4. The van der Waals surface area contributed by atoms with E-state index in [2.05, 4.69) is 15.3 Å². The van der Waals surface area contributed by atoms with Crippen LogP contribution in [0.25, 0.3) is 0 Å². The van der Waals surface area contributed by atoms with Gasteiger partial charge >= 0.3 is 0 Å². The molecule has 0 fully saturated rings. The second kappa shape index (κ2) is 4.68. The molecule has 2 heterocycles. The minimum Gasteiger partial charge on any atom is -0.397 e. The number of nitrogen functional groups attached to an aromatic ring is 1. The molecule has 0 saturated carbocycles. The number of hydrogen-bond acceptors (Lipinski definition) is 5. The van der Waals surface area contributed by atoms with Gasteiger partial charge in [0.25, 0.3) is 5.91 Å². The predicted octanol–water partition coefficient (Wildman–Crippen LogP) is 2.33. The Hall–Kier alpha value is -1.66. The van der Waals surface area contributed by atoms with Crippen LogP contribution < -0.4 is 11.1 Å². The fourth-order valence-corrected chi connectivity index (χ4v) is 2.20. The van der Waals surface area contributed by atoms with E-state index in [0.717, 1.165) is 0 Å². The summed E-state index contributed by atoms with van der Waals surface area (Å²) in [5, 5.41) is 4.58. The van der Waals surface area contributed by atoms with E-state index in [9.17, 15) is 4.79 Å². The maximum absolute atomic E-state index is 11.8. The van der Waals surface area contributed by atoms with Crippen LogP contribution in [-0.2, 0) is 0 Å². The number of aromatic nitrogens is 2. The van der Waals surface area contributed by atoms with E-state index < -0.39 is 0 Å². The van der Waals surface area contributed by atoms with Crippen molar-refractivity contribution in [2.45, 2.75) is 6.92 Å². The van der Waals surface area contributed by atoms with Gasteiger partial charge in [-0.05, 0) is 24.4 Å². The van der Waals surface area contributed by atoms with Crippen LogP contribution in [0.4, 0.5) is 11.6 Å². The van der Waals surface area contributed by atoms with Crippen LogP contribution in [-0.4, -0.2) is 15.9 Å². The number of carbonyl (C=O) groups is 1. The summed E-state index contributed by atoms with van der Waals surface area (Å²) in [6, 6.07) is 3.28. The highest BCUT2D eigenvalue weighted by Gasteiger charge is 2.13. The van der Waals surface area contributed by atoms with Gasteiger partial charge in [0.2, 0.25) is 5.95 Å². The van der Waals surface area contributed by atoms with Gasteiger partial charge in [-0.2, -0.15) is 0 Å². The van der Waals surface area contributed by atoms with Crippen LogP contribution >= 0.6 is 22.9 Å². The summed E-state index contributed by atoms with van der Waals surface area (Å²) in [5.74, 6) is -0.160. The van der Waals surface area contributed by atoms with Crippen LogP contribution in [0.3, 0.4) is 0 Å². The number of carbonyl (C=O) groups excluding carboxylic acids is 1. The maximum atomic E-state index is 11.8. The number of nitrogens with two attached hydrogens (primary N) is 1. The van der Waals surface area contributed by atoms with E-state index in [1.807, 2.05) is 0 Å². The maximum Gasteiger partial charge on any atom is 0.270 e. The van der Waals surface area contributed by atoms with Gasteiger partial charge in [-0.25, -0.2) is 9.97 Å². The number of nitrogens with zero attached hydrogens (tertiary/aromatic N) is 2. The highest BCUT2D eigenvalue weighted by Crippen LogP contribution is 2.20. The van der Waals surface area contributed by atoms with Crippen molar-refractivity contribution in [2.75, 3.05) is 11.1 Å². The minimum atomic E-state index is -0.334. The molecule has 3 N–H and O–H groups in total. The summed E-state index contributed by atoms with van der Waals surface area (Å²) in [6.07, 6.45) is 0. The smallest absolute Gasteiger partial charge is 0.270 e. The lowest BCUT2D eigenvalue weighted by Crippen LogP contribution is -2.14. The third-order valence-corrected chi connectivity index (χ3v) is 3.07. The van der Waals surface area contributed by atoms with E-state index in [0.29, 0.717) is 16.3 Å². The van der Waals surface area contributed by atoms with Crippen LogP contribution in [0, 0.1) is 6.92 Å². The van der Waals surface area contributed by atoms with Crippen LogP contribution in [0.15, 0.2) is 17.5 Å². The highest BCUT2D eigenvalue weighted by molar-refractivity contribution is 7.12. The van der Waals surface area contributed by atoms with Gasteiger partial charge in [0.15, 0.2) is 0 Å². The Bertz CT molecular complexity index is 549. The number of anilines is 2. The second-order valence-electron chi connectivity index (χ2n) is 3.31. The lowest BCUT2D eigenvalue weighted by molar-refractivity contribution is 0.103. The van der Waals surface area contributed by atoms with E-state index in [1.54, 1.807) is 24.4 Å². The number of rotatable bonds is 2. The fourth-order valence-electron chi connectivity index (χ4n) is 1.25. The molecule has 0 aliphatic heterocycles. The Morgan fingerprint density at radius 2 is 2.29 bits per heavy atom. The SMILES string of the molecule is Cc1cc(Cl)nc(NC(=O)c2sccc2N)n1. The third kappa shape index (κ3) is 2.72. The quantitative estimate of drug-likeness (QED) is 0.819. The molecule has 88 valence electrons. The molecular weight excluding hydrogens is 260 g/mol. The molecular formula is C10H9ClN4OS. The molecule has 0 spiro atoms. The van der Waals surface area contributed by atoms with Crippen molar-refractivity contribution in [2.24, 2.45) is 0 Å². The summed E-state index contributed by atoms with van der Waals surface area (Å²) in [7, 11) is 0. The van der Waals surface area contributed by atoms with Gasteiger partial charge in [-0.15, -0.1) is 11.3 Å². The normalized spacial score (nSPS) is 10.2. The van der Waals surface area contributed by atoms with Crippen molar-refractivity contribution in [3.8, 4) is 0 Å². The molecule has 0 unspecified atom stereocenters. The average molecular weight is 269 g/mol. The topological polar surface area (TPSA) is 80.9 Å². The Morgan fingerprint density at radius 1 is 1.53 bits per heavy atom. The molecule has 5 nitrogen and oxygen atoms in total. The molecule has 0 saturated heterocycles. The standard InChI is InChI=1S/C10H9ClN4OS/c1-5-4-7(11)14-10(13-5)15-9(16)8-6(12)2-3-17-8/h2-4H,12H2,1H3,(H,13,14,15,16). The van der Waals surface area contributed by atoms with Crippen LogP contribution in [0.1, 0.15) is 15.4 Å². The molecule has 17 heavy (non-hydrogen) atoms. The number of thiophene rings is 1. The Balaban J connectivity index is 2.21. The summed E-state index contributed by atoms with van der Waals surface area (Å²) in [4.78, 5) is 20.2. The van der Waals surface area contributed by atoms with E-state index in [1.165, 1.54) is 11.3 Å². The molecule has 2 aromatic heterocycles. The van der Waals surface area contributed by atoms with Crippen molar-refractivity contribution < 1.29 is 4.79 Å². The first kappa shape index (κ1) is 11.8. The summed E-state index contributed by atoms with van der Waals surface area (Å²) >= 11 is 7.02. The van der Waals surface area contributed by atoms with Gasteiger partial charge in [0, 0.05) is 5.69 Å². The van der Waals surface area contributed by atoms with Gasteiger partial charge in [0.1, 0.15) is 10.0 Å². The molecule has 0 radical (unpaired) electrons. The van der Waals surface area contributed by atoms with E-state index in [4.69, 9.17) is 17.3 Å². The second-order valence-corrected chi connectivity index (χ2v) is 4.62. The van der Waals surface area contributed by atoms with Crippen LogP contribution in [0.5, 0.6) is 0 Å². The number of amides is 1.